The zero-order valence-electron chi connectivity index (χ0n) is 12.3. The van der Waals surface area contributed by atoms with E-state index in [0.29, 0.717) is 17.4 Å². The standard InChI is InChI=1S/C16H26BrNO/c1-4-10-18-14(15-13(17)7-11-19-15)12-5-8-16(2,3)9-6-12/h7,11-12,14,18H,4-6,8-10H2,1-3H3. The molecule has 0 aliphatic heterocycles. The number of furan rings is 1. The molecule has 0 saturated heterocycles. The average Bonchev–Trinajstić information content (AvgIpc) is 2.78. The summed E-state index contributed by atoms with van der Waals surface area (Å²) in [6.45, 7) is 8.05. The monoisotopic (exact) mass is 327 g/mol. The molecule has 1 heterocycles. The first-order valence-corrected chi connectivity index (χ1v) is 8.29. The van der Waals surface area contributed by atoms with Crippen LogP contribution in [-0.4, -0.2) is 6.54 Å². The minimum absolute atomic E-state index is 0.362. The first kappa shape index (κ1) is 15.1. The summed E-state index contributed by atoms with van der Waals surface area (Å²) in [6.07, 6.45) is 8.17. The Labute approximate surface area is 125 Å². The second-order valence-electron chi connectivity index (χ2n) is 6.57. The Morgan fingerprint density at radius 3 is 2.63 bits per heavy atom. The summed E-state index contributed by atoms with van der Waals surface area (Å²) >= 11 is 3.61. The van der Waals surface area contributed by atoms with Crippen molar-refractivity contribution in [2.24, 2.45) is 11.3 Å². The van der Waals surface area contributed by atoms with Gasteiger partial charge >= 0.3 is 0 Å². The molecule has 2 rings (SSSR count). The summed E-state index contributed by atoms with van der Waals surface area (Å²) in [5.74, 6) is 1.78. The summed E-state index contributed by atoms with van der Waals surface area (Å²) in [5, 5.41) is 3.69. The molecular weight excluding hydrogens is 302 g/mol. The number of hydrogen-bond acceptors (Lipinski definition) is 2. The largest absolute Gasteiger partial charge is 0.466 e. The molecule has 0 amide bonds. The van der Waals surface area contributed by atoms with E-state index in [1.54, 1.807) is 6.26 Å². The van der Waals surface area contributed by atoms with Crippen molar-refractivity contribution in [3.05, 3.63) is 22.6 Å². The molecule has 1 N–H and O–H groups in total. The van der Waals surface area contributed by atoms with Gasteiger partial charge in [0.15, 0.2) is 0 Å². The van der Waals surface area contributed by atoms with Crippen molar-refractivity contribution in [2.45, 2.75) is 58.9 Å². The summed E-state index contributed by atoms with van der Waals surface area (Å²) in [7, 11) is 0. The molecule has 1 aliphatic carbocycles. The third-order valence-corrected chi connectivity index (χ3v) is 5.05. The van der Waals surface area contributed by atoms with Crippen LogP contribution >= 0.6 is 15.9 Å². The molecule has 3 heteroatoms. The first-order valence-electron chi connectivity index (χ1n) is 7.50. The van der Waals surface area contributed by atoms with Crippen molar-refractivity contribution in [1.82, 2.24) is 5.32 Å². The molecule has 1 fully saturated rings. The van der Waals surface area contributed by atoms with Gasteiger partial charge in [0, 0.05) is 0 Å². The second kappa shape index (κ2) is 6.45. The lowest BCUT2D eigenvalue weighted by atomic mass is 9.71. The fraction of sp³-hybridized carbons (Fsp3) is 0.750. The van der Waals surface area contributed by atoms with Crippen LogP contribution in [0.2, 0.25) is 0 Å². The Morgan fingerprint density at radius 2 is 2.11 bits per heavy atom. The van der Waals surface area contributed by atoms with Gasteiger partial charge in [-0.2, -0.15) is 0 Å². The first-order chi connectivity index (χ1) is 9.03. The van der Waals surface area contributed by atoms with E-state index in [9.17, 15) is 0 Å². The van der Waals surface area contributed by atoms with Crippen molar-refractivity contribution in [1.29, 1.82) is 0 Å². The molecule has 0 spiro atoms. The molecular formula is C16H26BrNO. The average molecular weight is 328 g/mol. The minimum atomic E-state index is 0.362. The zero-order chi connectivity index (χ0) is 13.9. The van der Waals surface area contributed by atoms with Gasteiger partial charge in [0.05, 0.1) is 16.8 Å². The maximum absolute atomic E-state index is 5.72. The van der Waals surface area contributed by atoms with Gasteiger partial charge in [-0.25, -0.2) is 0 Å². The second-order valence-corrected chi connectivity index (χ2v) is 7.42. The Bertz CT molecular complexity index is 389. The van der Waals surface area contributed by atoms with Gasteiger partial charge in [-0.05, 0) is 72.0 Å². The van der Waals surface area contributed by atoms with Crippen LogP contribution in [-0.2, 0) is 0 Å². The SMILES string of the molecule is CCCNC(c1occc1Br)C1CCC(C)(C)CC1. The molecule has 0 bridgehead atoms. The van der Waals surface area contributed by atoms with Crippen LogP contribution in [0, 0.1) is 11.3 Å². The van der Waals surface area contributed by atoms with Gasteiger partial charge in [-0.1, -0.05) is 20.8 Å². The number of nitrogens with one attached hydrogen (secondary N) is 1. The molecule has 1 unspecified atom stereocenters. The predicted molar refractivity (Wildman–Crippen MR) is 83.2 cm³/mol. The van der Waals surface area contributed by atoms with E-state index in [4.69, 9.17) is 4.42 Å². The summed E-state index contributed by atoms with van der Waals surface area (Å²) in [5.41, 5.74) is 0.520. The van der Waals surface area contributed by atoms with Crippen LogP contribution in [0.3, 0.4) is 0 Å². The van der Waals surface area contributed by atoms with E-state index < -0.39 is 0 Å². The van der Waals surface area contributed by atoms with E-state index in [2.05, 4.69) is 42.0 Å². The fourth-order valence-electron chi connectivity index (χ4n) is 3.06. The van der Waals surface area contributed by atoms with E-state index in [0.717, 1.165) is 23.2 Å². The lowest BCUT2D eigenvalue weighted by Gasteiger charge is -2.37. The lowest BCUT2D eigenvalue weighted by molar-refractivity contribution is 0.152. The van der Waals surface area contributed by atoms with E-state index >= 15 is 0 Å². The maximum atomic E-state index is 5.72. The predicted octanol–water partition coefficient (Wildman–Crippen LogP) is 5.30. The number of rotatable bonds is 5. The van der Waals surface area contributed by atoms with E-state index in [-0.39, 0.29) is 0 Å². The Balaban J connectivity index is 2.08. The van der Waals surface area contributed by atoms with Crippen LogP contribution in [0.15, 0.2) is 21.2 Å². The molecule has 1 aromatic heterocycles. The normalized spacial score (nSPS) is 21.5. The van der Waals surface area contributed by atoms with Crippen molar-refractivity contribution in [3.8, 4) is 0 Å². The van der Waals surface area contributed by atoms with Gasteiger partial charge in [0.2, 0.25) is 0 Å². The Kier molecular flexibility index (Phi) is 5.13. The number of halogens is 1. The molecule has 19 heavy (non-hydrogen) atoms. The van der Waals surface area contributed by atoms with E-state index in [1.807, 2.05) is 6.07 Å². The highest BCUT2D eigenvalue weighted by Gasteiger charge is 2.33. The molecule has 2 nitrogen and oxygen atoms in total. The van der Waals surface area contributed by atoms with Gasteiger partial charge < -0.3 is 9.73 Å². The van der Waals surface area contributed by atoms with Gasteiger partial charge in [0.1, 0.15) is 5.76 Å². The zero-order valence-corrected chi connectivity index (χ0v) is 13.9. The summed E-state index contributed by atoms with van der Waals surface area (Å²) in [4.78, 5) is 0. The van der Waals surface area contributed by atoms with E-state index in [1.165, 1.54) is 25.7 Å². The molecule has 1 atom stereocenters. The lowest BCUT2D eigenvalue weighted by Crippen LogP contribution is -2.33. The van der Waals surface area contributed by atoms with Crippen molar-refractivity contribution in [3.63, 3.8) is 0 Å². The van der Waals surface area contributed by atoms with Crippen LogP contribution in [0.1, 0.15) is 64.7 Å². The van der Waals surface area contributed by atoms with Crippen molar-refractivity contribution in [2.75, 3.05) is 6.54 Å². The van der Waals surface area contributed by atoms with Crippen LogP contribution in [0.4, 0.5) is 0 Å². The minimum Gasteiger partial charge on any atom is -0.466 e. The molecule has 1 aliphatic rings. The highest BCUT2D eigenvalue weighted by Crippen LogP contribution is 2.43. The van der Waals surface area contributed by atoms with Crippen molar-refractivity contribution >= 4 is 15.9 Å². The third kappa shape index (κ3) is 3.85. The van der Waals surface area contributed by atoms with Gasteiger partial charge in [-0.3, -0.25) is 0 Å². The van der Waals surface area contributed by atoms with Crippen LogP contribution in [0.25, 0.3) is 0 Å². The Hall–Kier alpha value is -0.280. The molecule has 108 valence electrons. The fourth-order valence-corrected chi connectivity index (χ4v) is 3.50. The molecule has 1 aromatic rings. The van der Waals surface area contributed by atoms with Crippen molar-refractivity contribution < 1.29 is 4.42 Å². The van der Waals surface area contributed by atoms with Crippen LogP contribution in [0.5, 0.6) is 0 Å². The van der Waals surface area contributed by atoms with Crippen LogP contribution < -0.4 is 5.32 Å². The van der Waals surface area contributed by atoms with Gasteiger partial charge in [-0.15, -0.1) is 0 Å². The molecule has 0 aromatic carbocycles. The topological polar surface area (TPSA) is 25.2 Å². The summed E-state index contributed by atoms with van der Waals surface area (Å²) in [6, 6.07) is 2.36. The van der Waals surface area contributed by atoms with Gasteiger partial charge in [0.25, 0.3) is 0 Å². The quantitative estimate of drug-likeness (QED) is 0.793. The summed E-state index contributed by atoms with van der Waals surface area (Å²) < 4.78 is 6.82. The third-order valence-electron chi connectivity index (χ3n) is 4.40. The maximum Gasteiger partial charge on any atom is 0.135 e. The number of hydrogen-bond donors (Lipinski definition) is 1. The molecule has 1 saturated carbocycles. The smallest absolute Gasteiger partial charge is 0.135 e. The highest BCUT2D eigenvalue weighted by molar-refractivity contribution is 9.10. The Morgan fingerprint density at radius 1 is 1.42 bits per heavy atom. The highest BCUT2D eigenvalue weighted by atomic mass is 79.9. The molecule has 0 radical (unpaired) electrons.